The van der Waals surface area contributed by atoms with Gasteiger partial charge in [0.2, 0.25) is 0 Å². The molecule has 3 aromatic rings. The van der Waals surface area contributed by atoms with Crippen LogP contribution in [0.1, 0.15) is 17.0 Å². The van der Waals surface area contributed by atoms with Gasteiger partial charge in [-0.15, -0.1) is 5.10 Å². The molecule has 25 heavy (non-hydrogen) atoms. The van der Waals surface area contributed by atoms with Gasteiger partial charge in [0, 0.05) is 24.3 Å². The van der Waals surface area contributed by atoms with Gasteiger partial charge in [0.25, 0.3) is 5.82 Å². The lowest BCUT2D eigenvalue weighted by atomic mass is 10.1. The number of nitrogens with zero attached hydrogens (tertiary/aromatic N) is 3. The summed E-state index contributed by atoms with van der Waals surface area (Å²) >= 11 is 0. The highest BCUT2D eigenvalue weighted by atomic mass is 16.5. The molecule has 1 atom stereocenters. The van der Waals surface area contributed by atoms with E-state index in [1.165, 1.54) is 4.52 Å². The van der Waals surface area contributed by atoms with Gasteiger partial charge in [0.05, 0.1) is 13.2 Å². The molecule has 0 aliphatic carbocycles. The Labute approximate surface area is 143 Å². The molecule has 7 heteroatoms. The summed E-state index contributed by atoms with van der Waals surface area (Å²) in [5.41, 5.74) is 2.25. The molecule has 128 valence electrons. The number of pyridine rings is 1. The number of benzene rings is 1. The Kier molecular flexibility index (Phi) is 4.07. The molecule has 2 aromatic heterocycles. The number of rotatable bonds is 5. The van der Waals surface area contributed by atoms with E-state index >= 15 is 0 Å². The first kappa shape index (κ1) is 15.6. The fourth-order valence-electron chi connectivity index (χ4n) is 2.88. The van der Waals surface area contributed by atoms with Crippen LogP contribution in [0.2, 0.25) is 0 Å². The maximum Gasteiger partial charge on any atom is 0.375 e. The van der Waals surface area contributed by atoms with Crippen LogP contribution in [0.25, 0.3) is 16.8 Å². The predicted molar refractivity (Wildman–Crippen MR) is 89.8 cm³/mol. The number of carboxylic acids is 1. The van der Waals surface area contributed by atoms with Crippen molar-refractivity contribution in [3.63, 3.8) is 0 Å². The van der Waals surface area contributed by atoms with Gasteiger partial charge in [-0.3, -0.25) is 0 Å². The Morgan fingerprint density at radius 3 is 2.88 bits per heavy atom. The van der Waals surface area contributed by atoms with Gasteiger partial charge < -0.3 is 14.6 Å². The van der Waals surface area contributed by atoms with Crippen molar-refractivity contribution in [3.05, 3.63) is 48.4 Å². The van der Waals surface area contributed by atoms with E-state index in [4.69, 9.17) is 14.6 Å². The molecule has 3 heterocycles. The van der Waals surface area contributed by atoms with Crippen LogP contribution in [0.3, 0.4) is 0 Å². The first-order chi connectivity index (χ1) is 12.2. The molecule has 1 aliphatic heterocycles. The molecule has 0 radical (unpaired) electrons. The second-order valence-corrected chi connectivity index (χ2v) is 6.00. The lowest BCUT2D eigenvalue weighted by Gasteiger charge is -2.11. The summed E-state index contributed by atoms with van der Waals surface area (Å²) < 4.78 is 12.6. The molecule has 1 aromatic carbocycles. The fraction of sp³-hybridized carbons (Fsp3) is 0.278. The van der Waals surface area contributed by atoms with Crippen molar-refractivity contribution < 1.29 is 19.4 Å². The smallest absolute Gasteiger partial charge is 0.375 e. The maximum atomic E-state index is 11.1. The second-order valence-electron chi connectivity index (χ2n) is 6.00. The minimum atomic E-state index is -1.14. The zero-order valence-electron chi connectivity index (χ0n) is 13.5. The lowest BCUT2D eigenvalue weighted by molar-refractivity contribution is 0.0684. The topological polar surface area (TPSA) is 86.0 Å². The highest BCUT2D eigenvalue weighted by Crippen LogP contribution is 2.26. The molecular formula is C18H17N3O4. The summed E-state index contributed by atoms with van der Waals surface area (Å²) in [7, 11) is 0. The van der Waals surface area contributed by atoms with Crippen LogP contribution in [0.5, 0.6) is 5.75 Å². The molecule has 1 saturated heterocycles. The van der Waals surface area contributed by atoms with Gasteiger partial charge >= 0.3 is 5.97 Å². The Balaban J connectivity index is 1.57. The molecule has 4 rings (SSSR count). The largest absolute Gasteiger partial charge is 0.493 e. The highest BCUT2D eigenvalue weighted by Gasteiger charge is 2.17. The average Bonchev–Trinajstić information content (AvgIpc) is 3.29. The Morgan fingerprint density at radius 2 is 2.16 bits per heavy atom. The van der Waals surface area contributed by atoms with E-state index in [2.05, 4.69) is 10.1 Å². The van der Waals surface area contributed by atoms with Gasteiger partial charge in [-0.1, -0.05) is 12.1 Å². The van der Waals surface area contributed by atoms with Crippen LogP contribution in [0.15, 0.2) is 42.6 Å². The van der Waals surface area contributed by atoms with Crippen molar-refractivity contribution in [2.45, 2.75) is 6.42 Å². The van der Waals surface area contributed by atoms with Gasteiger partial charge in [0.1, 0.15) is 5.75 Å². The van der Waals surface area contributed by atoms with Gasteiger partial charge in [-0.05, 0) is 36.2 Å². The van der Waals surface area contributed by atoms with Crippen molar-refractivity contribution in [2.24, 2.45) is 5.92 Å². The third-order valence-corrected chi connectivity index (χ3v) is 4.23. The molecular weight excluding hydrogens is 322 g/mol. The van der Waals surface area contributed by atoms with Crippen molar-refractivity contribution in [3.8, 4) is 16.9 Å². The van der Waals surface area contributed by atoms with E-state index in [1.54, 1.807) is 6.20 Å². The van der Waals surface area contributed by atoms with E-state index in [0.29, 0.717) is 18.2 Å². The van der Waals surface area contributed by atoms with Gasteiger partial charge in [-0.25, -0.2) is 14.3 Å². The molecule has 0 saturated carbocycles. The van der Waals surface area contributed by atoms with E-state index in [-0.39, 0.29) is 5.82 Å². The highest BCUT2D eigenvalue weighted by molar-refractivity contribution is 5.86. The van der Waals surface area contributed by atoms with Gasteiger partial charge in [0.15, 0.2) is 5.65 Å². The first-order valence-corrected chi connectivity index (χ1v) is 8.10. The van der Waals surface area contributed by atoms with Crippen LogP contribution in [-0.2, 0) is 4.74 Å². The number of fused-ring (bicyclic) bond motifs is 1. The molecule has 7 nitrogen and oxygen atoms in total. The second kappa shape index (κ2) is 6.52. The number of aromatic nitrogens is 3. The number of aromatic carboxylic acids is 1. The fourth-order valence-corrected chi connectivity index (χ4v) is 2.88. The quantitative estimate of drug-likeness (QED) is 0.769. The van der Waals surface area contributed by atoms with Crippen molar-refractivity contribution >= 4 is 11.6 Å². The third-order valence-electron chi connectivity index (χ3n) is 4.23. The van der Waals surface area contributed by atoms with Gasteiger partial charge in [-0.2, -0.15) is 0 Å². The van der Waals surface area contributed by atoms with Crippen LogP contribution < -0.4 is 4.74 Å². The predicted octanol–water partition coefficient (Wildman–Crippen LogP) is 2.51. The van der Waals surface area contributed by atoms with E-state index in [9.17, 15) is 4.79 Å². The van der Waals surface area contributed by atoms with E-state index < -0.39 is 5.97 Å². The molecule has 0 spiro atoms. The number of carbonyl (C=O) groups is 1. The molecule has 0 amide bonds. The number of hydrogen-bond donors (Lipinski definition) is 1. The van der Waals surface area contributed by atoms with Crippen LogP contribution in [-0.4, -0.2) is 45.5 Å². The summed E-state index contributed by atoms with van der Waals surface area (Å²) in [5.74, 6) is -0.102. The zero-order valence-corrected chi connectivity index (χ0v) is 13.5. The minimum absolute atomic E-state index is 0.216. The standard InChI is InChI=1S/C18H17N3O4/c22-18(23)16-19-17-15(2-1-8-21(17)20-16)13-3-5-14(6-4-13)25-11-12-7-9-24-10-12/h1-6,8,12H,7,9-11H2,(H,22,23). The average molecular weight is 339 g/mol. The zero-order chi connectivity index (χ0) is 17.2. The number of ether oxygens (including phenoxy) is 2. The summed E-state index contributed by atoms with van der Waals surface area (Å²) in [6, 6.07) is 11.4. The Hall–Kier alpha value is -2.93. The van der Waals surface area contributed by atoms with E-state index in [0.717, 1.165) is 36.5 Å². The number of hydrogen-bond acceptors (Lipinski definition) is 5. The summed E-state index contributed by atoms with van der Waals surface area (Å²) in [5, 5.41) is 13.0. The monoisotopic (exact) mass is 339 g/mol. The summed E-state index contributed by atoms with van der Waals surface area (Å²) in [4.78, 5) is 15.2. The molecule has 1 unspecified atom stereocenters. The maximum absolute atomic E-state index is 11.1. The normalized spacial score (nSPS) is 17.0. The SMILES string of the molecule is O=C(O)c1nc2c(-c3ccc(OCC4CCOC4)cc3)cccn2n1. The molecule has 1 N–H and O–H groups in total. The summed E-state index contributed by atoms with van der Waals surface area (Å²) in [6.45, 7) is 2.23. The Morgan fingerprint density at radius 1 is 1.32 bits per heavy atom. The molecule has 1 fully saturated rings. The third kappa shape index (κ3) is 3.18. The first-order valence-electron chi connectivity index (χ1n) is 8.10. The minimum Gasteiger partial charge on any atom is -0.493 e. The van der Waals surface area contributed by atoms with E-state index in [1.807, 2.05) is 36.4 Å². The van der Waals surface area contributed by atoms with Crippen LogP contribution >= 0.6 is 0 Å². The molecule has 1 aliphatic rings. The van der Waals surface area contributed by atoms with Crippen molar-refractivity contribution in [2.75, 3.05) is 19.8 Å². The molecule has 0 bridgehead atoms. The van der Waals surface area contributed by atoms with Crippen molar-refractivity contribution in [1.82, 2.24) is 14.6 Å². The van der Waals surface area contributed by atoms with Crippen molar-refractivity contribution in [1.29, 1.82) is 0 Å². The van der Waals surface area contributed by atoms with Crippen LogP contribution in [0, 0.1) is 5.92 Å². The number of carboxylic acid groups (broad SMARTS) is 1. The lowest BCUT2D eigenvalue weighted by Crippen LogP contribution is -2.11. The summed E-state index contributed by atoms with van der Waals surface area (Å²) in [6.07, 6.45) is 2.72. The Bertz CT molecular complexity index is 898. The van der Waals surface area contributed by atoms with Crippen LogP contribution in [0.4, 0.5) is 0 Å².